The van der Waals surface area contributed by atoms with Crippen LogP contribution in [0.2, 0.25) is 0 Å². The lowest BCUT2D eigenvalue weighted by Gasteiger charge is -2.40. The molecule has 3 fully saturated rings. The molecule has 13 nitrogen and oxygen atoms in total. The fourth-order valence-electron chi connectivity index (χ4n) is 7.18. The van der Waals surface area contributed by atoms with Crippen LogP contribution < -0.4 is 20.3 Å². The van der Waals surface area contributed by atoms with Gasteiger partial charge in [0.25, 0.3) is 5.91 Å². The topological polar surface area (TPSA) is 146 Å². The molecule has 0 radical (unpaired) electrons. The lowest BCUT2D eigenvalue weighted by Crippen LogP contribution is -2.54. The van der Waals surface area contributed by atoms with Crippen LogP contribution in [0.15, 0.2) is 30.3 Å². The zero-order valence-corrected chi connectivity index (χ0v) is 30.5. The van der Waals surface area contributed by atoms with Gasteiger partial charge in [0, 0.05) is 63.9 Å². The van der Waals surface area contributed by atoms with E-state index in [-0.39, 0.29) is 37.6 Å². The van der Waals surface area contributed by atoms with Gasteiger partial charge < -0.3 is 39.8 Å². The van der Waals surface area contributed by atoms with Gasteiger partial charge in [-0.3, -0.25) is 14.5 Å². The van der Waals surface area contributed by atoms with Gasteiger partial charge in [-0.2, -0.15) is 0 Å². The maximum atomic E-state index is 13.8. The number of hydrogen-bond donors (Lipinski definition) is 3. The molecule has 1 aromatic heterocycles. The highest BCUT2D eigenvalue weighted by Crippen LogP contribution is 2.32. The number of benzene rings is 1. The summed E-state index contributed by atoms with van der Waals surface area (Å²) in [5, 5.41) is 18.1. The van der Waals surface area contributed by atoms with Crippen molar-refractivity contribution < 1.29 is 33.7 Å². The number of hydrogen-bond acceptors (Lipinski definition) is 10. The molecule has 2 aromatic rings. The quantitative estimate of drug-likeness (QED) is 0.289. The van der Waals surface area contributed by atoms with Crippen LogP contribution in [0.4, 0.5) is 16.4 Å². The van der Waals surface area contributed by atoms with Gasteiger partial charge in [-0.25, -0.2) is 9.78 Å². The first-order valence-corrected chi connectivity index (χ1v) is 18.5. The molecule has 2 aliphatic heterocycles. The highest BCUT2D eigenvalue weighted by molar-refractivity contribution is 5.95. The first-order valence-electron chi connectivity index (χ1n) is 18.5. The SMILES string of the molecule is COCOc1ccc2c(c1)CN(C(=O)OC(C)(C)C)[C@H]([C@H](O)CNC(=O)c1cc(NC3CCCCC3)nc(N3CCN(C(=O)C4CC4)CC3)c1)C2. The summed E-state index contributed by atoms with van der Waals surface area (Å²) in [6.45, 7) is 8.20. The van der Waals surface area contributed by atoms with Crippen LogP contribution in [0.5, 0.6) is 5.75 Å². The summed E-state index contributed by atoms with van der Waals surface area (Å²) in [6.07, 6.45) is 6.41. The van der Waals surface area contributed by atoms with E-state index in [9.17, 15) is 19.5 Å². The molecular formula is C38H54N6O7. The average molecular weight is 707 g/mol. The predicted molar refractivity (Wildman–Crippen MR) is 193 cm³/mol. The van der Waals surface area contributed by atoms with Gasteiger partial charge in [0.05, 0.1) is 12.1 Å². The fraction of sp³-hybridized carbons (Fsp3) is 0.632. The Bertz CT molecular complexity index is 1550. The molecule has 51 heavy (non-hydrogen) atoms. The zero-order valence-electron chi connectivity index (χ0n) is 30.5. The lowest BCUT2D eigenvalue weighted by molar-refractivity contribution is -0.132. The number of aromatic nitrogens is 1. The van der Waals surface area contributed by atoms with Crippen LogP contribution in [0.25, 0.3) is 0 Å². The Labute approximate surface area is 301 Å². The molecule has 1 aromatic carbocycles. The third kappa shape index (κ3) is 9.62. The van der Waals surface area contributed by atoms with Gasteiger partial charge in [0.15, 0.2) is 6.79 Å². The van der Waals surface area contributed by atoms with E-state index in [1.807, 2.05) is 23.1 Å². The minimum atomic E-state index is -1.07. The van der Waals surface area contributed by atoms with Crippen LogP contribution in [0.1, 0.15) is 87.2 Å². The summed E-state index contributed by atoms with van der Waals surface area (Å²) in [7, 11) is 1.55. The molecule has 13 heteroatoms. The number of pyridine rings is 1. The van der Waals surface area contributed by atoms with Crippen molar-refractivity contribution in [1.29, 1.82) is 0 Å². The van der Waals surface area contributed by atoms with Crippen LogP contribution >= 0.6 is 0 Å². The van der Waals surface area contributed by atoms with Crippen molar-refractivity contribution in [3.05, 3.63) is 47.0 Å². The van der Waals surface area contributed by atoms with Gasteiger partial charge in [0.1, 0.15) is 23.0 Å². The van der Waals surface area contributed by atoms with Crippen molar-refractivity contribution >= 4 is 29.5 Å². The number of aliphatic hydroxyl groups is 1. The van der Waals surface area contributed by atoms with Gasteiger partial charge in [-0.05, 0) is 88.3 Å². The number of piperazine rings is 1. The summed E-state index contributed by atoms with van der Waals surface area (Å²) < 4.78 is 16.4. The summed E-state index contributed by atoms with van der Waals surface area (Å²) in [5.74, 6) is 2.06. The Morgan fingerprint density at radius 3 is 2.41 bits per heavy atom. The van der Waals surface area contributed by atoms with E-state index in [1.54, 1.807) is 40.0 Å². The molecule has 2 atom stereocenters. The van der Waals surface area contributed by atoms with E-state index in [1.165, 1.54) is 11.3 Å². The molecule has 3 heterocycles. The predicted octanol–water partition coefficient (Wildman–Crippen LogP) is 4.32. The first-order chi connectivity index (χ1) is 24.5. The molecule has 3 N–H and O–H groups in total. The van der Waals surface area contributed by atoms with Gasteiger partial charge in [0.2, 0.25) is 5.91 Å². The van der Waals surface area contributed by atoms with Crippen LogP contribution in [0, 0.1) is 5.92 Å². The second-order valence-corrected chi connectivity index (χ2v) is 15.3. The number of nitrogens with one attached hydrogen (secondary N) is 2. The first kappa shape index (κ1) is 36.7. The summed E-state index contributed by atoms with van der Waals surface area (Å²) in [5.41, 5.74) is 1.57. The van der Waals surface area contributed by atoms with Gasteiger partial charge in [-0.1, -0.05) is 25.3 Å². The number of carbonyl (C=O) groups is 3. The van der Waals surface area contributed by atoms with Crippen molar-refractivity contribution in [3.8, 4) is 5.75 Å². The van der Waals surface area contributed by atoms with E-state index in [0.29, 0.717) is 61.6 Å². The van der Waals surface area contributed by atoms with Crippen LogP contribution in [0.3, 0.4) is 0 Å². The van der Waals surface area contributed by atoms with Crippen molar-refractivity contribution in [2.45, 2.75) is 102 Å². The molecular weight excluding hydrogens is 652 g/mol. The van der Waals surface area contributed by atoms with Crippen molar-refractivity contribution in [1.82, 2.24) is 20.1 Å². The fourth-order valence-corrected chi connectivity index (χ4v) is 7.18. The van der Waals surface area contributed by atoms with Gasteiger partial charge in [-0.15, -0.1) is 0 Å². The van der Waals surface area contributed by atoms with E-state index >= 15 is 0 Å². The van der Waals surface area contributed by atoms with Crippen molar-refractivity contribution in [2.75, 3.05) is 56.8 Å². The minimum Gasteiger partial charge on any atom is -0.468 e. The van der Waals surface area contributed by atoms with Crippen molar-refractivity contribution in [3.63, 3.8) is 0 Å². The second kappa shape index (κ2) is 16.1. The number of aliphatic hydroxyl groups excluding tert-OH is 1. The number of amides is 3. The number of rotatable bonds is 11. The average Bonchev–Trinajstić information content (AvgIpc) is 3.97. The number of carbonyl (C=O) groups excluding carboxylic acids is 3. The number of anilines is 2. The molecule has 2 aliphatic carbocycles. The highest BCUT2D eigenvalue weighted by atomic mass is 16.7. The molecule has 0 unspecified atom stereocenters. The Kier molecular flexibility index (Phi) is 11.6. The molecule has 4 aliphatic rings. The molecule has 278 valence electrons. The third-order valence-corrected chi connectivity index (χ3v) is 10.1. The number of fused-ring (bicyclic) bond motifs is 1. The third-order valence-electron chi connectivity index (χ3n) is 10.1. The Morgan fingerprint density at radius 2 is 1.73 bits per heavy atom. The largest absolute Gasteiger partial charge is 0.468 e. The Morgan fingerprint density at radius 1 is 0.980 bits per heavy atom. The number of methoxy groups -OCH3 is 1. The maximum absolute atomic E-state index is 13.8. The molecule has 0 bridgehead atoms. The van der Waals surface area contributed by atoms with Crippen molar-refractivity contribution in [2.24, 2.45) is 5.92 Å². The number of ether oxygens (including phenoxy) is 3. The molecule has 6 rings (SSSR count). The molecule has 2 saturated carbocycles. The second-order valence-electron chi connectivity index (χ2n) is 15.3. The van der Waals surface area contributed by atoms with Crippen LogP contribution in [-0.2, 0) is 27.2 Å². The molecule has 1 saturated heterocycles. The standard InChI is InChI=1S/C38H54N6O7/c1-38(2,3)51-37(48)44-23-28-18-30(50-24-49-4)13-12-26(28)19-31(44)32(45)22-39-35(46)27-20-33(40-29-8-6-5-7-9-29)41-34(21-27)42-14-16-43(17-15-42)36(47)25-10-11-25/h12-13,18,20-21,25,29,31-32,45H,5-11,14-17,19,22-24H2,1-4H3,(H,39,46)(H,40,41)/t31-,32+/m0/s1. The van der Waals surface area contributed by atoms with E-state index in [4.69, 9.17) is 19.2 Å². The Balaban J connectivity index is 1.16. The summed E-state index contributed by atoms with van der Waals surface area (Å²) >= 11 is 0. The van der Waals surface area contributed by atoms with E-state index in [0.717, 1.165) is 49.7 Å². The normalized spacial score (nSPS) is 20.3. The smallest absolute Gasteiger partial charge is 0.410 e. The number of nitrogens with zero attached hydrogens (tertiary/aromatic N) is 4. The highest BCUT2D eigenvalue weighted by Gasteiger charge is 2.38. The minimum absolute atomic E-state index is 0.0713. The van der Waals surface area contributed by atoms with Gasteiger partial charge >= 0.3 is 6.09 Å². The Hall–Kier alpha value is -4.10. The maximum Gasteiger partial charge on any atom is 0.410 e. The lowest BCUT2D eigenvalue weighted by atomic mass is 9.91. The van der Waals surface area contributed by atoms with E-state index < -0.39 is 23.8 Å². The summed E-state index contributed by atoms with van der Waals surface area (Å²) in [4.78, 5) is 50.4. The van der Waals surface area contributed by atoms with Crippen LogP contribution in [-0.4, -0.2) is 108 Å². The van der Waals surface area contributed by atoms with E-state index in [2.05, 4.69) is 15.5 Å². The summed E-state index contributed by atoms with van der Waals surface area (Å²) in [6, 6.07) is 8.88. The monoisotopic (exact) mass is 706 g/mol. The molecule has 0 spiro atoms. The molecule has 3 amide bonds. The zero-order chi connectivity index (χ0) is 36.1.